The Balaban J connectivity index is 2.09. The molecule has 0 bridgehead atoms. The molecule has 1 heterocycles. The Morgan fingerprint density at radius 3 is 2.60 bits per heavy atom. The van der Waals surface area contributed by atoms with Gasteiger partial charge >= 0.3 is 0 Å². The lowest BCUT2D eigenvalue weighted by atomic mass is 9.89. The van der Waals surface area contributed by atoms with E-state index in [4.69, 9.17) is 4.74 Å². The minimum absolute atomic E-state index is 0.0681. The summed E-state index contributed by atoms with van der Waals surface area (Å²) in [7, 11) is 3.34. The van der Waals surface area contributed by atoms with Gasteiger partial charge in [0.2, 0.25) is 0 Å². The summed E-state index contributed by atoms with van der Waals surface area (Å²) >= 11 is 0. The van der Waals surface area contributed by atoms with Gasteiger partial charge in [-0.25, -0.2) is 4.39 Å². The highest BCUT2D eigenvalue weighted by Crippen LogP contribution is 2.24. The predicted octanol–water partition coefficient (Wildman–Crippen LogP) is 2.05. The molecule has 1 amide bonds. The number of carbonyl (C=O) groups is 1. The molecule has 1 aliphatic rings. The Hall–Kier alpha value is -1.62. The summed E-state index contributed by atoms with van der Waals surface area (Å²) in [4.78, 5) is 14.2. The molecular formula is C15H21FN2O2. The zero-order chi connectivity index (χ0) is 14.8. The van der Waals surface area contributed by atoms with Gasteiger partial charge in [0.05, 0.1) is 7.11 Å². The second-order valence-electron chi connectivity index (χ2n) is 5.45. The number of piperidine rings is 1. The van der Waals surface area contributed by atoms with Gasteiger partial charge in [-0.3, -0.25) is 4.79 Å². The van der Waals surface area contributed by atoms with Crippen molar-refractivity contribution in [1.29, 1.82) is 0 Å². The Kier molecular flexibility index (Phi) is 4.28. The van der Waals surface area contributed by atoms with Crippen molar-refractivity contribution in [2.45, 2.75) is 25.3 Å². The molecule has 0 radical (unpaired) electrons. The molecular weight excluding hydrogens is 259 g/mol. The number of nitrogens with zero attached hydrogens (tertiary/aromatic N) is 1. The molecule has 2 rings (SSSR count). The van der Waals surface area contributed by atoms with Crippen LogP contribution >= 0.6 is 0 Å². The average molecular weight is 280 g/mol. The average Bonchev–Trinajstić information content (AvgIpc) is 2.48. The number of nitrogens with one attached hydrogen (secondary N) is 1. The minimum atomic E-state index is -0.453. The van der Waals surface area contributed by atoms with E-state index < -0.39 is 5.82 Å². The van der Waals surface area contributed by atoms with E-state index >= 15 is 0 Å². The van der Waals surface area contributed by atoms with Crippen molar-refractivity contribution < 1.29 is 13.9 Å². The molecule has 1 aliphatic heterocycles. The number of carbonyl (C=O) groups excluding carboxylic acids is 1. The molecule has 1 aromatic carbocycles. The number of amides is 1. The Labute approximate surface area is 118 Å². The van der Waals surface area contributed by atoms with Crippen LogP contribution in [-0.4, -0.2) is 43.6 Å². The van der Waals surface area contributed by atoms with E-state index in [0.717, 1.165) is 12.8 Å². The molecule has 1 N–H and O–H groups in total. The number of hydrogen-bond donors (Lipinski definition) is 1. The van der Waals surface area contributed by atoms with Crippen LogP contribution in [0.4, 0.5) is 4.39 Å². The topological polar surface area (TPSA) is 41.6 Å². The maximum absolute atomic E-state index is 13.4. The summed E-state index contributed by atoms with van der Waals surface area (Å²) < 4.78 is 18.3. The monoisotopic (exact) mass is 280 g/mol. The molecule has 1 aromatic rings. The van der Waals surface area contributed by atoms with Crippen LogP contribution in [0.15, 0.2) is 18.2 Å². The standard InChI is InChI=1S/C15H21FN2O2/c1-15(17-2)6-8-18(9-7-15)14(19)11-4-5-12(16)13(10-11)20-3/h4-5,10,17H,6-9H2,1-3H3. The van der Waals surface area contributed by atoms with E-state index in [0.29, 0.717) is 18.7 Å². The third kappa shape index (κ3) is 2.93. The first-order valence-corrected chi connectivity index (χ1v) is 6.81. The number of benzene rings is 1. The van der Waals surface area contributed by atoms with E-state index in [9.17, 15) is 9.18 Å². The van der Waals surface area contributed by atoms with Crippen molar-refractivity contribution >= 4 is 5.91 Å². The number of hydrogen-bond acceptors (Lipinski definition) is 3. The SMILES string of the molecule is CNC1(C)CCN(C(=O)c2ccc(F)c(OC)c2)CC1. The van der Waals surface area contributed by atoms with E-state index in [2.05, 4.69) is 12.2 Å². The normalized spacial score (nSPS) is 17.9. The minimum Gasteiger partial charge on any atom is -0.494 e. The molecule has 0 aromatic heterocycles. The first kappa shape index (κ1) is 14.8. The fourth-order valence-corrected chi connectivity index (χ4v) is 2.43. The molecule has 0 unspecified atom stereocenters. The molecule has 0 spiro atoms. The highest BCUT2D eigenvalue weighted by molar-refractivity contribution is 5.94. The number of methoxy groups -OCH3 is 1. The fourth-order valence-electron chi connectivity index (χ4n) is 2.43. The number of ether oxygens (including phenoxy) is 1. The van der Waals surface area contributed by atoms with E-state index in [1.807, 2.05) is 11.9 Å². The highest BCUT2D eigenvalue weighted by atomic mass is 19.1. The van der Waals surface area contributed by atoms with Gasteiger partial charge < -0.3 is 15.0 Å². The summed E-state index contributed by atoms with van der Waals surface area (Å²) in [5, 5.41) is 3.30. The van der Waals surface area contributed by atoms with Crippen LogP contribution in [0.5, 0.6) is 5.75 Å². The summed E-state index contributed by atoms with van der Waals surface area (Å²) in [6.45, 7) is 3.57. The van der Waals surface area contributed by atoms with Crippen LogP contribution in [0.1, 0.15) is 30.1 Å². The molecule has 1 saturated heterocycles. The molecule has 1 fully saturated rings. The van der Waals surface area contributed by atoms with Crippen molar-refractivity contribution in [2.75, 3.05) is 27.2 Å². The van der Waals surface area contributed by atoms with Gasteiger partial charge in [-0.1, -0.05) is 0 Å². The Morgan fingerprint density at radius 2 is 2.05 bits per heavy atom. The summed E-state index contributed by atoms with van der Waals surface area (Å²) in [6.07, 6.45) is 1.82. The third-order valence-electron chi connectivity index (χ3n) is 4.16. The van der Waals surface area contributed by atoms with Crippen LogP contribution in [0.2, 0.25) is 0 Å². The van der Waals surface area contributed by atoms with Gasteiger partial charge in [-0.05, 0) is 45.0 Å². The first-order valence-electron chi connectivity index (χ1n) is 6.81. The molecule has 0 atom stereocenters. The number of likely N-dealkylation sites (tertiary alicyclic amines) is 1. The van der Waals surface area contributed by atoms with Crippen LogP contribution < -0.4 is 10.1 Å². The number of rotatable bonds is 3. The maximum atomic E-state index is 13.4. The van der Waals surface area contributed by atoms with Crippen LogP contribution in [-0.2, 0) is 0 Å². The Bertz CT molecular complexity index is 497. The second kappa shape index (κ2) is 5.79. The zero-order valence-corrected chi connectivity index (χ0v) is 12.2. The van der Waals surface area contributed by atoms with E-state index in [1.165, 1.54) is 25.3 Å². The van der Waals surface area contributed by atoms with Gasteiger partial charge in [0, 0.05) is 24.2 Å². The largest absolute Gasteiger partial charge is 0.494 e. The zero-order valence-electron chi connectivity index (χ0n) is 12.2. The molecule has 0 aliphatic carbocycles. The quantitative estimate of drug-likeness (QED) is 0.921. The van der Waals surface area contributed by atoms with Crippen LogP contribution in [0, 0.1) is 5.82 Å². The lowest BCUT2D eigenvalue weighted by Crippen LogP contribution is -2.51. The van der Waals surface area contributed by atoms with Crippen molar-refractivity contribution in [3.8, 4) is 5.75 Å². The summed E-state index contributed by atoms with van der Waals surface area (Å²) in [6, 6.07) is 4.24. The fraction of sp³-hybridized carbons (Fsp3) is 0.533. The maximum Gasteiger partial charge on any atom is 0.253 e. The lowest BCUT2D eigenvalue weighted by molar-refractivity contribution is 0.0661. The second-order valence-corrected chi connectivity index (χ2v) is 5.45. The van der Waals surface area contributed by atoms with Gasteiger partial charge in [0.1, 0.15) is 0 Å². The van der Waals surface area contributed by atoms with Gasteiger partial charge in [0.15, 0.2) is 11.6 Å². The summed E-state index contributed by atoms with van der Waals surface area (Å²) in [5.74, 6) is -0.417. The van der Waals surface area contributed by atoms with Gasteiger partial charge in [0.25, 0.3) is 5.91 Å². The van der Waals surface area contributed by atoms with Crippen molar-refractivity contribution in [1.82, 2.24) is 10.2 Å². The van der Waals surface area contributed by atoms with Crippen molar-refractivity contribution in [3.05, 3.63) is 29.6 Å². The summed E-state index contributed by atoms with van der Waals surface area (Å²) in [5.41, 5.74) is 0.563. The van der Waals surface area contributed by atoms with Crippen LogP contribution in [0.25, 0.3) is 0 Å². The van der Waals surface area contributed by atoms with E-state index in [-0.39, 0.29) is 17.2 Å². The van der Waals surface area contributed by atoms with Crippen molar-refractivity contribution in [3.63, 3.8) is 0 Å². The molecule has 110 valence electrons. The molecule has 4 nitrogen and oxygen atoms in total. The first-order chi connectivity index (χ1) is 9.49. The lowest BCUT2D eigenvalue weighted by Gasteiger charge is -2.39. The molecule has 5 heteroatoms. The highest BCUT2D eigenvalue weighted by Gasteiger charge is 2.30. The van der Waals surface area contributed by atoms with E-state index in [1.54, 1.807) is 0 Å². The van der Waals surface area contributed by atoms with Gasteiger partial charge in [-0.2, -0.15) is 0 Å². The number of halogens is 1. The van der Waals surface area contributed by atoms with Crippen LogP contribution in [0.3, 0.4) is 0 Å². The molecule has 0 saturated carbocycles. The third-order valence-corrected chi connectivity index (χ3v) is 4.16. The Morgan fingerprint density at radius 1 is 1.40 bits per heavy atom. The molecule has 20 heavy (non-hydrogen) atoms. The smallest absolute Gasteiger partial charge is 0.253 e. The predicted molar refractivity (Wildman–Crippen MR) is 75.6 cm³/mol. The van der Waals surface area contributed by atoms with Gasteiger partial charge in [-0.15, -0.1) is 0 Å². The van der Waals surface area contributed by atoms with Crippen molar-refractivity contribution in [2.24, 2.45) is 0 Å².